The summed E-state index contributed by atoms with van der Waals surface area (Å²) in [6.45, 7) is 3.16. The summed E-state index contributed by atoms with van der Waals surface area (Å²) in [5.74, 6) is 4.67. The summed E-state index contributed by atoms with van der Waals surface area (Å²) in [4.78, 5) is 4.12. The smallest absolute Gasteiger partial charge is 0.138 e. The molecule has 0 fully saturated rings. The van der Waals surface area contributed by atoms with Gasteiger partial charge in [0.2, 0.25) is 0 Å². The minimum Gasteiger partial charge on any atom is -0.314 e. The molecule has 3 N–H and O–H groups in total. The van der Waals surface area contributed by atoms with E-state index in [1.54, 1.807) is 0 Å². The van der Waals surface area contributed by atoms with Gasteiger partial charge in [-0.05, 0) is 13.0 Å². The lowest BCUT2D eigenvalue weighted by Crippen LogP contribution is -2.28. The van der Waals surface area contributed by atoms with Crippen molar-refractivity contribution in [2.45, 2.75) is 19.5 Å². The minimum absolute atomic E-state index is 0. The highest BCUT2D eigenvalue weighted by Gasteiger charge is 2.03. The molecule has 0 aromatic heterocycles. The molecule has 0 spiro atoms. The second-order valence-corrected chi connectivity index (χ2v) is 2.13. The van der Waals surface area contributed by atoms with Gasteiger partial charge in [-0.25, -0.2) is 10.3 Å². The minimum atomic E-state index is -0.989. The number of hydrogen-bond donors (Lipinski definition) is 2. The number of hydrogen-bond acceptors (Lipinski definition) is 3. The maximum atomic E-state index is 12.5. The predicted octanol–water partition coefficient (Wildman–Crippen LogP) is 1.06. The summed E-state index contributed by atoms with van der Waals surface area (Å²) in [6.07, 6.45) is 0.0208. The van der Waals surface area contributed by atoms with Crippen LogP contribution in [0.5, 0.6) is 0 Å². The summed E-state index contributed by atoms with van der Waals surface area (Å²) in [5.41, 5.74) is 0. The van der Waals surface area contributed by atoms with Crippen LogP contribution in [0.4, 0.5) is 4.39 Å². The molecule has 0 bridgehead atoms. The Bertz CT molecular complexity index is 80.6. The van der Waals surface area contributed by atoms with Gasteiger partial charge in [0.05, 0.1) is 0 Å². The highest BCUT2D eigenvalue weighted by Crippen LogP contribution is 1.87. The van der Waals surface area contributed by atoms with E-state index in [4.69, 9.17) is 0 Å². The molecule has 3 nitrogen and oxygen atoms in total. The molecule has 0 heterocycles. The molecule has 0 aromatic carbocycles. The number of nitrogens with one attached hydrogen (secondary N) is 1. The summed E-state index contributed by atoms with van der Waals surface area (Å²) in [5, 5.41) is 2.91. The maximum Gasteiger partial charge on any atom is 0.138 e. The third-order valence-corrected chi connectivity index (χ3v) is 1.07. The van der Waals surface area contributed by atoms with Crippen LogP contribution in [0.1, 0.15) is 13.3 Å². The number of nitrogens with two attached hydrogens (primary N) is 1. The number of alkyl halides is 1. The van der Waals surface area contributed by atoms with Crippen molar-refractivity contribution in [1.29, 1.82) is 0 Å². The average molecular weight is 223 g/mol. The van der Waals surface area contributed by atoms with Gasteiger partial charge in [-0.3, -0.25) is 0 Å². The zero-order chi connectivity index (χ0) is 7.82. The Balaban J connectivity index is -0.000000405. The van der Waals surface area contributed by atoms with Crippen LogP contribution >= 0.6 is 24.8 Å². The van der Waals surface area contributed by atoms with Crippen molar-refractivity contribution in [1.82, 2.24) is 5.32 Å². The van der Waals surface area contributed by atoms with Crippen molar-refractivity contribution < 1.29 is 9.23 Å². The van der Waals surface area contributed by atoms with E-state index in [1.807, 2.05) is 6.92 Å². The monoisotopic (exact) mass is 222 g/mol. The van der Waals surface area contributed by atoms with Gasteiger partial charge in [0, 0.05) is 6.54 Å². The third-order valence-electron chi connectivity index (χ3n) is 1.07. The molecule has 0 aromatic rings. The van der Waals surface area contributed by atoms with Gasteiger partial charge in [0.1, 0.15) is 12.8 Å². The molecule has 1 atom stereocenters. The Morgan fingerprint density at radius 1 is 1.50 bits per heavy atom. The van der Waals surface area contributed by atoms with Gasteiger partial charge in [-0.2, -0.15) is 0 Å². The third kappa shape index (κ3) is 13.0. The SMILES string of the molecule is CCCNCC(F)CON.Cl.Cl. The Morgan fingerprint density at radius 2 is 2.08 bits per heavy atom. The quantitative estimate of drug-likeness (QED) is 0.522. The first kappa shape index (κ1) is 18.2. The van der Waals surface area contributed by atoms with Crippen LogP contribution in [-0.2, 0) is 4.84 Å². The van der Waals surface area contributed by atoms with E-state index in [9.17, 15) is 4.39 Å². The van der Waals surface area contributed by atoms with Crippen molar-refractivity contribution in [2.24, 2.45) is 5.90 Å². The second-order valence-electron chi connectivity index (χ2n) is 2.13. The van der Waals surface area contributed by atoms with Crippen LogP contribution in [0.3, 0.4) is 0 Å². The Kier molecular flexibility index (Phi) is 21.2. The normalized spacial score (nSPS) is 11.2. The average Bonchev–Trinajstić information content (AvgIpc) is 1.89. The van der Waals surface area contributed by atoms with Crippen molar-refractivity contribution in [3.8, 4) is 0 Å². The molecule has 78 valence electrons. The first-order chi connectivity index (χ1) is 4.81. The summed E-state index contributed by atoms with van der Waals surface area (Å²) in [7, 11) is 0. The van der Waals surface area contributed by atoms with Crippen molar-refractivity contribution in [3.05, 3.63) is 0 Å². The highest BCUT2D eigenvalue weighted by atomic mass is 35.5. The van der Waals surface area contributed by atoms with Gasteiger partial charge >= 0.3 is 0 Å². The molecule has 0 aliphatic carbocycles. The Labute approximate surface area is 85.0 Å². The van der Waals surface area contributed by atoms with Crippen molar-refractivity contribution in [2.75, 3.05) is 19.7 Å². The largest absolute Gasteiger partial charge is 0.314 e. The lowest BCUT2D eigenvalue weighted by Gasteiger charge is -2.06. The fourth-order valence-corrected chi connectivity index (χ4v) is 0.599. The molecule has 0 rings (SSSR count). The van der Waals surface area contributed by atoms with Crippen LogP contribution < -0.4 is 11.2 Å². The highest BCUT2D eigenvalue weighted by molar-refractivity contribution is 5.85. The van der Waals surface area contributed by atoms with E-state index in [0.29, 0.717) is 6.54 Å². The van der Waals surface area contributed by atoms with E-state index < -0.39 is 6.17 Å². The van der Waals surface area contributed by atoms with Crippen LogP contribution in [0.15, 0.2) is 0 Å². The zero-order valence-electron chi connectivity index (χ0n) is 7.09. The van der Waals surface area contributed by atoms with Crippen molar-refractivity contribution in [3.63, 3.8) is 0 Å². The fraction of sp³-hybridized carbons (Fsp3) is 1.00. The van der Waals surface area contributed by atoms with Gasteiger partial charge in [0.25, 0.3) is 0 Å². The molecule has 0 radical (unpaired) electrons. The lowest BCUT2D eigenvalue weighted by molar-refractivity contribution is 0.0815. The second kappa shape index (κ2) is 13.9. The van der Waals surface area contributed by atoms with Crippen LogP contribution in [0.2, 0.25) is 0 Å². The molecule has 0 aliphatic rings. The number of halogens is 3. The predicted molar refractivity (Wildman–Crippen MR) is 52.7 cm³/mol. The van der Waals surface area contributed by atoms with Gasteiger partial charge < -0.3 is 10.2 Å². The van der Waals surface area contributed by atoms with Gasteiger partial charge in [0.15, 0.2) is 0 Å². The molecule has 0 aliphatic heterocycles. The Hall–Kier alpha value is 0.390. The van der Waals surface area contributed by atoms with Crippen LogP contribution in [0.25, 0.3) is 0 Å². The Morgan fingerprint density at radius 3 is 2.50 bits per heavy atom. The molecule has 0 saturated carbocycles. The van der Waals surface area contributed by atoms with E-state index >= 15 is 0 Å². The topological polar surface area (TPSA) is 47.3 Å². The summed E-state index contributed by atoms with van der Waals surface area (Å²) >= 11 is 0. The summed E-state index contributed by atoms with van der Waals surface area (Å²) in [6, 6.07) is 0. The standard InChI is InChI=1S/C6H15FN2O.2ClH/c1-2-3-9-4-6(7)5-10-8;;/h6,9H,2-5,8H2,1H3;2*1H. The van der Waals surface area contributed by atoms with E-state index in [0.717, 1.165) is 13.0 Å². The van der Waals surface area contributed by atoms with E-state index in [1.165, 1.54) is 0 Å². The molecule has 12 heavy (non-hydrogen) atoms. The van der Waals surface area contributed by atoms with Gasteiger partial charge in [-0.15, -0.1) is 24.8 Å². The van der Waals surface area contributed by atoms with Gasteiger partial charge in [-0.1, -0.05) is 6.92 Å². The fourth-order valence-electron chi connectivity index (χ4n) is 0.599. The van der Waals surface area contributed by atoms with E-state index in [2.05, 4.69) is 16.1 Å². The summed E-state index contributed by atoms with van der Waals surface area (Å²) < 4.78 is 12.5. The first-order valence-corrected chi connectivity index (χ1v) is 3.47. The lowest BCUT2D eigenvalue weighted by atomic mass is 10.4. The molecule has 0 amide bonds. The van der Waals surface area contributed by atoms with Crippen LogP contribution in [-0.4, -0.2) is 25.9 Å². The maximum absolute atomic E-state index is 12.5. The van der Waals surface area contributed by atoms with Crippen LogP contribution in [0, 0.1) is 0 Å². The molecule has 1 unspecified atom stereocenters. The van der Waals surface area contributed by atoms with E-state index in [-0.39, 0.29) is 31.4 Å². The molecular weight excluding hydrogens is 206 g/mol. The molecule has 0 saturated heterocycles. The van der Waals surface area contributed by atoms with Crippen molar-refractivity contribution >= 4 is 24.8 Å². The molecule has 6 heteroatoms. The molecular formula is C6H17Cl2FN2O. The zero-order valence-corrected chi connectivity index (χ0v) is 8.72. The number of rotatable bonds is 6. The first-order valence-electron chi connectivity index (χ1n) is 3.47.